The van der Waals surface area contributed by atoms with Crippen LogP contribution < -0.4 is 4.46 Å². The number of aliphatic hydroxyl groups excluding tert-OH is 1. The van der Waals surface area contributed by atoms with E-state index in [2.05, 4.69) is 0 Å². The SMILES string of the molecule is CCOC(=O)[C@@](C)([Se]c1ccccc1)[C@H](O)c1ccccc1. The fourth-order valence-electron chi connectivity index (χ4n) is 2.17. The number of benzene rings is 2. The normalized spacial score (nSPS) is 14.9. The molecule has 0 radical (unpaired) electrons. The van der Waals surface area contributed by atoms with Crippen molar-refractivity contribution in [3.63, 3.8) is 0 Å². The number of carbonyl (C=O) groups is 1. The summed E-state index contributed by atoms with van der Waals surface area (Å²) in [5, 5.41) is 10.8. The minimum absolute atomic E-state index is 0.254. The number of rotatable bonds is 6. The third kappa shape index (κ3) is 3.77. The maximum atomic E-state index is 12.5. The quantitative estimate of drug-likeness (QED) is 0.634. The molecule has 2 aromatic rings. The molecule has 4 heteroatoms. The van der Waals surface area contributed by atoms with E-state index < -0.39 is 10.4 Å². The zero-order valence-corrected chi connectivity index (χ0v) is 14.4. The molecule has 0 heterocycles. The van der Waals surface area contributed by atoms with E-state index in [0.717, 1.165) is 10.0 Å². The molecule has 0 bridgehead atoms. The maximum absolute atomic E-state index is 12.5. The van der Waals surface area contributed by atoms with Crippen molar-refractivity contribution in [1.82, 2.24) is 0 Å². The van der Waals surface area contributed by atoms with Crippen LogP contribution in [-0.2, 0) is 9.53 Å². The minimum atomic E-state index is -0.967. The van der Waals surface area contributed by atoms with Crippen molar-refractivity contribution in [3.8, 4) is 0 Å². The summed E-state index contributed by atoms with van der Waals surface area (Å²) in [4.78, 5) is 12.5. The van der Waals surface area contributed by atoms with Gasteiger partial charge in [-0.1, -0.05) is 0 Å². The van der Waals surface area contributed by atoms with Gasteiger partial charge >= 0.3 is 137 Å². The molecule has 0 aliphatic rings. The first kappa shape index (κ1) is 16.8. The second kappa shape index (κ2) is 7.59. The molecule has 22 heavy (non-hydrogen) atoms. The van der Waals surface area contributed by atoms with Gasteiger partial charge < -0.3 is 0 Å². The summed E-state index contributed by atoms with van der Waals surface area (Å²) in [6.45, 7) is 3.87. The van der Waals surface area contributed by atoms with Crippen LogP contribution in [0.15, 0.2) is 60.7 Å². The zero-order valence-electron chi connectivity index (χ0n) is 12.7. The number of hydrogen-bond donors (Lipinski definition) is 1. The van der Waals surface area contributed by atoms with Crippen molar-refractivity contribution < 1.29 is 14.6 Å². The summed E-state index contributed by atoms with van der Waals surface area (Å²) in [5.41, 5.74) is 0.732. The van der Waals surface area contributed by atoms with Crippen LogP contribution in [0.25, 0.3) is 0 Å². The van der Waals surface area contributed by atoms with Crippen molar-refractivity contribution in [3.05, 3.63) is 66.2 Å². The van der Waals surface area contributed by atoms with Crippen LogP contribution in [-0.4, -0.2) is 32.6 Å². The van der Waals surface area contributed by atoms with E-state index in [1.807, 2.05) is 60.7 Å². The molecule has 116 valence electrons. The number of ether oxygens (including phenoxy) is 1. The molecule has 0 saturated heterocycles. The topological polar surface area (TPSA) is 46.5 Å². The Morgan fingerprint density at radius 3 is 2.23 bits per heavy atom. The van der Waals surface area contributed by atoms with Crippen LogP contribution in [0.1, 0.15) is 25.5 Å². The second-order valence-electron chi connectivity index (χ2n) is 5.06. The molecule has 2 atom stereocenters. The Labute approximate surface area is 137 Å². The molecule has 0 aromatic heterocycles. The summed E-state index contributed by atoms with van der Waals surface area (Å²) >= 11 is -0.254. The Bertz CT molecular complexity index is 600. The molecule has 1 N–H and O–H groups in total. The molecule has 2 aromatic carbocycles. The first-order valence-electron chi connectivity index (χ1n) is 7.22. The summed E-state index contributed by atoms with van der Waals surface area (Å²) in [7, 11) is 0. The van der Waals surface area contributed by atoms with Crippen LogP contribution in [0.5, 0.6) is 0 Å². The van der Waals surface area contributed by atoms with E-state index in [1.54, 1.807) is 13.8 Å². The van der Waals surface area contributed by atoms with Crippen molar-refractivity contribution in [2.45, 2.75) is 24.3 Å². The number of esters is 1. The van der Waals surface area contributed by atoms with E-state index in [9.17, 15) is 9.90 Å². The van der Waals surface area contributed by atoms with Gasteiger partial charge in [0.1, 0.15) is 0 Å². The van der Waals surface area contributed by atoms with Gasteiger partial charge in [-0.3, -0.25) is 0 Å². The molecular formula is C18H20O3Se. The van der Waals surface area contributed by atoms with E-state index >= 15 is 0 Å². The Morgan fingerprint density at radius 2 is 1.68 bits per heavy atom. The summed E-state index contributed by atoms with van der Waals surface area (Å²) in [6.07, 6.45) is -0.895. The molecule has 2 rings (SSSR count). The number of aliphatic hydroxyl groups is 1. The first-order valence-corrected chi connectivity index (χ1v) is 8.93. The first-order chi connectivity index (χ1) is 10.6. The zero-order chi connectivity index (χ0) is 16.0. The molecule has 0 spiro atoms. The summed E-state index contributed by atoms with van der Waals surface area (Å²) in [6, 6.07) is 19.1. The van der Waals surface area contributed by atoms with Gasteiger partial charge in [-0.05, 0) is 0 Å². The Morgan fingerprint density at radius 1 is 1.14 bits per heavy atom. The van der Waals surface area contributed by atoms with Crippen LogP contribution in [0.3, 0.4) is 0 Å². The van der Waals surface area contributed by atoms with Crippen molar-refractivity contribution in [2.24, 2.45) is 0 Å². The fraction of sp³-hybridized carbons (Fsp3) is 0.278. The Hall–Kier alpha value is -1.61. The van der Waals surface area contributed by atoms with Crippen molar-refractivity contribution in [2.75, 3.05) is 6.61 Å². The molecule has 0 amide bonds. The van der Waals surface area contributed by atoms with Gasteiger partial charge in [0.15, 0.2) is 0 Å². The van der Waals surface area contributed by atoms with E-state index in [1.165, 1.54) is 0 Å². The molecule has 0 saturated carbocycles. The molecular weight excluding hydrogens is 343 g/mol. The third-order valence-electron chi connectivity index (χ3n) is 3.39. The standard InChI is InChI=1S/C18H20O3Se/c1-3-21-17(20)18(2,22-15-12-8-5-9-13-15)16(19)14-10-6-4-7-11-14/h4-13,16,19H,3H2,1-2H3/t16-,18+/m1/s1. The number of hydrogen-bond acceptors (Lipinski definition) is 3. The predicted molar refractivity (Wildman–Crippen MR) is 88.2 cm³/mol. The van der Waals surface area contributed by atoms with Gasteiger partial charge in [-0.2, -0.15) is 0 Å². The monoisotopic (exact) mass is 364 g/mol. The van der Waals surface area contributed by atoms with Gasteiger partial charge in [0.25, 0.3) is 0 Å². The van der Waals surface area contributed by atoms with Crippen molar-refractivity contribution >= 4 is 25.4 Å². The van der Waals surface area contributed by atoms with E-state index in [-0.39, 0.29) is 20.9 Å². The van der Waals surface area contributed by atoms with Gasteiger partial charge in [-0.25, -0.2) is 0 Å². The summed E-state index contributed by atoms with van der Waals surface area (Å²) < 4.78 is 5.33. The summed E-state index contributed by atoms with van der Waals surface area (Å²) in [5.74, 6) is -0.352. The predicted octanol–water partition coefficient (Wildman–Crippen LogP) is 2.49. The molecule has 0 aliphatic heterocycles. The van der Waals surface area contributed by atoms with Gasteiger partial charge in [-0.15, -0.1) is 0 Å². The second-order valence-corrected chi connectivity index (χ2v) is 8.25. The molecule has 0 unspecified atom stereocenters. The number of carbonyl (C=O) groups excluding carboxylic acids is 1. The molecule has 3 nitrogen and oxygen atoms in total. The average molecular weight is 363 g/mol. The van der Waals surface area contributed by atoms with Gasteiger partial charge in [0, 0.05) is 0 Å². The average Bonchev–Trinajstić information content (AvgIpc) is 2.56. The Balaban J connectivity index is 2.35. The molecule has 0 fully saturated rings. The van der Waals surface area contributed by atoms with Crippen molar-refractivity contribution in [1.29, 1.82) is 0 Å². The molecule has 0 aliphatic carbocycles. The Kier molecular flexibility index (Phi) is 5.78. The van der Waals surface area contributed by atoms with E-state index in [4.69, 9.17) is 4.74 Å². The van der Waals surface area contributed by atoms with Crippen LogP contribution in [0.2, 0.25) is 4.31 Å². The van der Waals surface area contributed by atoms with Crippen LogP contribution in [0, 0.1) is 0 Å². The third-order valence-corrected chi connectivity index (χ3v) is 6.16. The van der Waals surface area contributed by atoms with E-state index in [0.29, 0.717) is 6.61 Å². The van der Waals surface area contributed by atoms with Gasteiger partial charge in [0.05, 0.1) is 0 Å². The fourth-order valence-corrected chi connectivity index (χ4v) is 4.63. The van der Waals surface area contributed by atoms with Crippen LogP contribution >= 0.6 is 0 Å². The van der Waals surface area contributed by atoms with Crippen LogP contribution in [0.4, 0.5) is 0 Å². The van der Waals surface area contributed by atoms with Gasteiger partial charge in [0.2, 0.25) is 0 Å².